The van der Waals surface area contributed by atoms with E-state index >= 15 is 0 Å². The first kappa shape index (κ1) is 23.2. The van der Waals surface area contributed by atoms with Gasteiger partial charge in [0, 0.05) is 24.8 Å². The molecule has 0 unspecified atom stereocenters. The lowest BCUT2D eigenvalue weighted by Crippen LogP contribution is -2.33. The van der Waals surface area contributed by atoms with Crippen LogP contribution in [0.5, 0.6) is 23.0 Å². The van der Waals surface area contributed by atoms with Crippen LogP contribution < -0.4 is 24.3 Å². The SMILES string of the molecule is COc1cccc(NC(=S)N(Cc2ccccc2)Cc2cc(OC)c(OC)c(OC)c2)c1. The van der Waals surface area contributed by atoms with Crippen molar-refractivity contribution < 1.29 is 18.9 Å². The molecule has 6 nitrogen and oxygen atoms in total. The Morgan fingerprint density at radius 1 is 0.750 bits per heavy atom. The third-order valence-electron chi connectivity index (χ3n) is 4.92. The van der Waals surface area contributed by atoms with Crippen molar-refractivity contribution in [1.82, 2.24) is 4.90 Å². The van der Waals surface area contributed by atoms with Crippen molar-refractivity contribution >= 4 is 23.0 Å². The first-order valence-electron chi connectivity index (χ1n) is 10.1. The summed E-state index contributed by atoms with van der Waals surface area (Å²) in [7, 11) is 6.45. The van der Waals surface area contributed by atoms with E-state index in [1.165, 1.54) is 0 Å². The van der Waals surface area contributed by atoms with Crippen LogP contribution in [-0.2, 0) is 13.1 Å². The normalized spacial score (nSPS) is 10.2. The largest absolute Gasteiger partial charge is 0.497 e. The van der Waals surface area contributed by atoms with E-state index in [1.54, 1.807) is 28.4 Å². The molecule has 1 N–H and O–H groups in total. The van der Waals surface area contributed by atoms with Gasteiger partial charge in [-0.25, -0.2) is 0 Å². The van der Waals surface area contributed by atoms with Gasteiger partial charge in [0.1, 0.15) is 5.75 Å². The highest BCUT2D eigenvalue weighted by Gasteiger charge is 2.17. The molecule has 0 radical (unpaired) electrons. The molecule has 0 heterocycles. The molecule has 0 amide bonds. The number of hydrogen-bond donors (Lipinski definition) is 1. The van der Waals surface area contributed by atoms with Crippen molar-refractivity contribution in [2.24, 2.45) is 0 Å². The zero-order chi connectivity index (χ0) is 22.9. The fourth-order valence-electron chi connectivity index (χ4n) is 3.35. The molecule has 0 spiro atoms. The smallest absolute Gasteiger partial charge is 0.203 e. The zero-order valence-corrected chi connectivity index (χ0v) is 19.6. The molecule has 3 rings (SSSR count). The average molecular weight is 453 g/mol. The molecule has 7 heteroatoms. The van der Waals surface area contributed by atoms with Crippen LogP contribution in [0.15, 0.2) is 66.7 Å². The number of hydrogen-bond acceptors (Lipinski definition) is 5. The van der Waals surface area contributed by atoms with Gasteiger partial charge in [-0.05, 0) is 47.6 Å². The molecule has 0 fully saturated rings. The minimum Gasteiger partial charge on any atom is -0.497 e. The molecule has 32 heavy (non-hydrogen) atoms. The lowest BCUT2D eigenvalue weighted by Gasteiger charge is -2.27. The van der Waals surface area contributed by atoms with Crippen LogP contribution in [0.4, 0.5) is 5.69 Å². The summed E-state index contributed by atoms with van der Waals surface area (Å²) in [6, 6.07) is 21.8. The molecular formula is C25H28N2O4S. The molecule has 3 aromatic rings. The van der Waals surface area contributed by atoms with E-state index in [9.17, 15) is 0 Å². The second-order valence-electron chi connectivity index (χ2n) is 7.04. The molecular weight excluding hydrogens is 424 g/mol. The van der Waals surface area contributed by atoms with Gasteiger partial charge in [-0.15, -0.1) is 0 Å². The Labute approximate surface area is 194 Å². The molecule has 3 aromatic carbocycles. The van der Waals surface area contributed by atoms with Crippen molar-refractivity contribution in [3.05, 3.63) is 77.9 Å². The van der Waals surface area contributed by atoms with E-state index in [-0.39, 0.29) is 0 Å². The van der Waals surface area contributed by atoms with E-state index in [2.05, 4.69) is 22.3 Å². The summed E-state index contributed by atoms with van der Waals surface area (Å²) >= 11 is 5.79. The molecule has 0 atom stereocenters. The topological polar surface area (TPSA) is 52.2 Å². The second kappa shape index (κ2) is 11.2. The van der Waals surface area contributed by atoms with Gasteiger partial charge in [0.2, 0.25) is 5.75 Å². The van der Waals surface area contributed by atoms with Gasteiger partial charge < -0.3 is 29.2 Å². The standard InChI is InChI=1S/C25H28N2O4S/c1-28-21-12-8-11-20(15-21)26-25(32)27(16-18-9-6-5-7-10-18)17-19-13-22(29-2)24(31-4)23(14-19)30-3/h5-15H,16-17H2,1-4H3,(H,26,32). The lowest BCUT2D eigenvalue weighted by molar-refractivity contribution is 0.322. The van der Waals surface area contributed by atoms with Gasteiger partial charge in [0.25, 0.3) is 0 Å². The van der Waals surface area contributed by atoms with Gasteiger partial charge >= 0.3 is 0 Å². The number of rotatable bonds is 9. The fourth-order valence-corrected chi connectivity index (χ4v) is 3.60. The summed E-state index contributed by atoms with van der Waals surface area (Å²) in [4.78, 5) is 2.09. The summed E-state index contributed by atoms with van der Waals surface area (Å²) in [6.45, 7) is 1.18. The van der Waals surface area contributed by atoms with Gasteiger partial charge in [0.15, 0.2) is 16.6 Å². The molecule has 0 aromatic heterocycles. The second-order valence-corrected chi connectivity index (χ2v) is 7.42. The number of anilines is 1. The molecule has 0 aliphatic heterocycles. The van der Waals surface area contributed by atoms with Gasteiger partial charge in [-0.1, -0.05) is 36.4 Å². The van der Waals surface area contributed by atoms with E-state index in [4.69, 9.17) is 31.2 Å². The van der Waals surface area contributed by atoms with Crippen LogP contribution in [-0.4, -0.2) is 38.5 Å². The third-order valence-corrected chi connectivity index (χ3v) is 5.28. The third kappa shape index (κ3) is 5.82. The number of benzene rings is 3. The van der Waals surface area contributed by atoms with Gasteiger partial charge in [-0.3, -0.25) is 0 Å². The van der Waals surface area contributed by atoms with Crippen LogP contribution in [0.1, 0.15) is 11.1 Å². The Balaban J connectivity index is 1.89. The quantitative estimate of drug-likeness (QED) is 0.452. The highest BCUT2D eigenvalue weighted by atomic mass is 32.1. The molecule has 0 aliphatic rings. The maximum Gasteiger partial charge on any atom is 0.203 e. The van der Waals surface area contributed by atoms with Crippen molar-refractivity contribution in [2.45, 2.75) is 13.1 Å². The van der Waals surface area contributed by atoms with E-state index in [1.807, 2.05) is 54.6 Å². The predicted molar refractivity (Wildman–Crippen MR) is 131 cm³/mol. The van der Waals surface area contributed by atoms with Crippen molar-refractivity contribution in [2.75, 3.05) is 33.8 Å². The lowest BCUT2D eigenvalue weighted by atomic mass is 10.1. The van der Waals surface area contributed by atoms with Crippen LogP contribution in [0.3, 0.4) is 0 Å². The first-order chi connectivity index (χ1) is 15.6. The van der Waals surface area contributed by atoms with Gasteiger partial charge in [0.05, 0.1) is 28.4 Å². The minimum atomic E-state index is 0.543. The molecule has 0 aliphatic carbocycles. The maximum atomic E-state index is 5.79. The van der Waals surface area contributed by atoms with Crippen LogP contribution >= 0.6 is 12.2 Å². The highest BCUT2D eigenvalue weighted by Crippen LogP contribution is 2.38. The Kier molecular flexibility index (Phi) is 8.16. The van der Waals surface area contributed by atoms with Crippen molar-refractivity contribution in [3.63, 3.8) is 0 Å². The van der Waals surface area contributed by atoms with E-state index in [0.29, 0.717) is 35.5 Å². The van der Waals surface area contributed by atoms with Gasteiger partial charge in [-0.2, -0.15) is 0 Å². The molecule has 0 saturated carbocycles. The summed E-state index contributed by atoms with van der Waals surface area (Å²) in [5.74, 6) is 2.53. The Hall–Kier alpha value is -3.45. The van der Waals surface area contributed by atoms with E-state index < -0.39 is 0 Å². The average Bonchev–Trinajstić information content (AvgIpc) is 2.83. The Morgan fingerprint density at radius 3 is 2.00 bits per heavy atom. The Morgan fingerprint density at radius 2 is 1.41 bits per heavy atom. The van der Waals surface area contributed by atoms with Crippen LogP contribution in [0, 0.1) is 0 Å². The van der Waals surface area contributed by atoms with E-state index in [0.717, 1.165) is 22.6 Å². The highest BCUT2D eigenvalue weighted by molar-refractivity contribution is 7.80. The molecule has 168 valence electrons. The summed E-state index contributed by atoms with van der Waals surface area (Å²) in [6.07, 6.45) is 0. The van der Waals surface area contributed by atoms with Crippen molar-refractivity contribution in [3.8, 4) is 23.0 Å². The number of ether oxygens (including phenoxy) is 4. The molecule has 0 bridgehead atoms. The fraction of sp³-hybridized carbons (Fsp3) is 0.240. The number of nitrogens with one attached hydrogen (secondary N) is 1. The molecule has 0 saturated heterocycles. The minimum absolute atomic E-state index is 0.543. The summed E-state index contributed by atoms with van der Waals surface area (Å²) < 4.78 is 21.8. The Bertz CT molecular complexity index is 1020. The number of thiocarbonyl (C=S) groups is 1. The first-order valence-corrected chi connectivity index (χ1v) is 10.5. The van der Waals surface area contributed by atoms with Crippen LogP contribution in [0.2, 0.25) is 0 Å². The predicted octanol–water partition coefficient (Wildman–Crippen LogP) is 5.12. The summed E-state index contributed by atoms with van der Waals surface area (Å²) in [5.41, 5.74) is 2.98. The summed E-state index contributed by atoms with van der Waals surface area (Å²) in [5, 5.41) is 3.92. The number of nitrogens with zero attached hydrogens (tertiary/aromatic N) is 1. The van der Waals surface area contributed by atoms with Crippen LogP contribution in [0.25, 0.3) is 0 Å². The number of methoxy groups -OCH3 is 4. The zero-order valence-electron chi connectivity index (χ0n) is 18.8. The maximum absolute atomic E-state index is 5.79. The van der Waals surface area contributed by atoms with Crippen molar-refractivity contribution in [1.29, 1.82) is 0 Å². The monoisotopic (exact) mass is 452 g/mol.